The fourth-order valence-corrected chi connectivity index (χ4v) is 3.10. The van der Waals surface area contributed by atoms with Crippen LogP contribution in [0.2, 0.25) is 5.02 Å². The van der Waals surface area contributed by atoms with Gasteiger partial charge >= 0.3 is 6.03 Å². The number of amides is 3. The Balaban J connectivity index is 1.37. The number of anilines is 2. The Labute approximate surface area is 187 Å². The summed E-state index contributed by atoms with van der Waals surface area (Å²) in [5.74, 6) is -0.119. The van der Waals surface area contributed by atoms with Crippen molar-refractivity contribution in [3.8, 4) is 5.75 Å². The van der Waals surface area contributed by atoms with E-state index in [0.29, 0.717) is 27.7 Å². The number of rotatable bonds is 6. The highest BCUT2D eigenvalue weighted by Gasteiger charge is 2.09. The zero-order valence-electron chi connectivity index (χ0n) is 16.6. The number of fused-ring (bicyclic) bond motifs is 1. The van der Waals surface area contributed by atoms with E-state index in [9.17, 15) is 9.59 Å². The number of ether oxygens (including phenoxy) is 1. The number of nitrogens with two attached hydrogens (primary N) is 1. The van der Waals surface area contributed by atoms with E-state index >= 15 is 0 Å². The molecule has 0 atom stereocenters. The highest BCUT2D eigenvalue weighted by atomic mass is 35.5. The monoisotopic (exact) mass is 448 g/mol. The van der Waals surface area contributed by atoms with Gasteiger partial charge in [-0.3, -0.25) is 19.7 Å². The van der Waals surface area contributed by atoms with Crippen LogP contribution in [0.25, 0.3) is 11.0 Å². The molecule has 0 bridgehead atoms. The van der Waals surface area contributed by atoms with E-state index in [0.717, 1.165) is 11.1 Å². The average Bonchev–Trinajstić information content (AvgIpc) is 2.79. The number of hydrogen-bond acceptors (Lipinski definition) is 6. The van der Waals surface area contributed by atoms with Crippen LogP contribution in [0.4, 0.5) is 16.2 Å². The van der Waals surface area contributed by atoms with Crippen molar-refractivity contribution in [2.24, 2.45) is 5.73 Å². The molecule has 4 rings (SSSR count). The molecule has 0 aliphatic carbocycles. The largest absolute Gasteiger partial charge is 0.489 e. The maximum Gasteiger partial charge on any atom is 0.323 e. The van der Waals surface area contributed by atoms with E-state index < -0.39 is 11.9 Å². The summed E-state index contributed by atoms with van der Waals surface area (Å²) in [6.07, 6.45) is 4.67. The van der Waals surface area contributed by atoms with E-state index in [1.54, 1.807) is 60.9 Å². The maximum atomic E-state index is 12.4. The number of nitrogens with one attached hydrogen (secondary N) is 2. The zero-order valence-corrected chi connectivity index (χ0v) is 17.3. The number of pyridine rings is 1. The lowest BCUT2D eigenvalue weighted by Gasteiger charge is -2.12. The first-order chi connectivity index (χ1) is 15.5. The molecule has 0 radical (unpaired) electrons. The molecule has 9 nitrogen and oxygen atoms in total. The van der Waals surface area contributed by atoms with Crippen molar-refractivity contribution >= 4 is 45.9 Å². The molecule has 2 heterocycles. The summed E-state index contributed by atoms with van der Waals surface area (Å²) in [6, 6.07) is 12.9. The lowest BCUT2D eigenvalue weighted by molar-refractivity contribution is 0.0995. The first-order valence-corrected chi connectivity index (χ1v) is 9.81. The number of halogens is 1. The molecule has 0 aliphatic rings. The van der Waals surface area contributed by atoms with Crippen LogP contribution >= 0.6 is 11.6 Å². The predicted octanol–water partition coefficient (Wildman–Crippen LogP) is 4.00. The molecular formula is C22H17ClN6O3. The molecular weight excluding hydrogens is 432 g/mol. The number of nitrogens with zero attached hydrogens (tertiary/aromatic N) is 3. The Morgan fingerprint density at radius 3 is 2.50 bits per heavy atom. The number of primary amides is 1. The lowest BCUT2D eigenvalue weighted by Crippen LogP contribution is -2.19. The molecule has 10 heteroatoms. The summed E-state index contributed by atoms with van der Waals surface area (Å²) in [5, 5.41) is 5.73. The van der Waals surface area contributed by atoms with Crippen LogP contribution in [0.1, 0.15) is 16.1 Å². The van der Waals surface area contributed by atoms with Crippen LogP contribution in [-0.4, -0.2) is 26.9 Å². The molecule has 0 saturated carbocycles. The van der Waals surface area contributed by atoms with Gasteiger partial charge in [0.05, 0.1) is 21.7 Å². The van der Waals surface area contributed by atoms with E-state index in [-0.39, 0.29) is 12.3 Å². The highest BCUT2D eigenvalue weighted by molar-refractivity contribution is 6.34. The van der Waals surface area contributed by atoms with Gasteiger partial charge in [0.2, 0.25) is 0 Å². The summed E-state index contributed by atoms with van der Waals surface area (Å²) in [7, 11) is 0. The van der Waals surface area contributed by atoms with Crippen molar-refractivity contribution in [1.29, 1.82) is 0 Å². The lowest BCUT2D eigenvalue weighted by atomic mass is 10.2. The molecule has 0 spiro atoms. The van der Waals surface area contributed by atoms with Crippen LogP contribution < -0.4 is 21.1 Å². The van der Waals surface area contributed by atoms with Crippen LogP contribution in [0.3, 0.4) is 0 Å². The van der Waals surface area contributed by atoms with Crippen LogP contribution in [-0.2, 0) is 6.61 Å². The second-order valence-electron chi connectivity index (χ2n) is 6.68. The van der Waals surface area contributed by atoms with Crippen molar-refractivity contribution in [1.82, 2.24) is 15.0 Å². The third kappa shape index (κ3) is 5.08. The minimum absolute atomic E-state index is 0.160. The fraction of sp³-hybridized carbons (Fsp3) is 0.0455. The van der Waals surface area contributed by atoms with Crippen LogP contribution in [0, 0.1) is 0 Å². The van der Waals surface area contributed by atoms with Gasteiger partial charge in [-0.1, -0.05) is 11.6 Å². The number of carbonyl (C=O) groups is 2. The van der Waals surface area contributed by atoms with E-state index in [2.05, 4.69) is 25.6 Å². The SMILES string of the molecule is NC(=O)c1cc(COc2ccc(NC(=O)Nc3ccc4nccnc4c3)c(Cl)c2)ccn1. The number of benzene rings is 2. The number of urea groups is 1. The summed E-state index contributed by atoms with van der Waals surface area (Å²) in [4.78, 5) is 35.9. The van der Waals surface area contributed by atoms with Crippen molar-refractivity contribution in [2.75, 3.05) is 10.6 Å². The summed E-state index contributed by atoms with van der Waals surface area (Å²) in [5.41, 5.74) is 8.51. The molecule has 3 amide bonds. The third-order valence-corrected chi connectivity index (χ3v) is 4.71. The minimum Gasteiger partial charge on any atom is -0.489 e. The van der Waals surface area contributed by atoms with Crippen molar-refractivity contribution in [2.45, 2.75) is 6.61 Å². The van der Waals surface area contributed by atoms with Crippen molar-refractivity contribution in [3.63, 3.8) is 0 Å². The molecule has 160 valence electrons. The Hall–Kier alpha value is -4.24. The van der Waals surface area contributed by atoms with E-state index in [4.69, 9.17) is 22.1 Å². The molecule has 32 heavy (non-hydrogen) atoms. The number of carbonyl (C=O) groups excluding carboxylic acids is 2. The standard InChI is InChI=1S/C22H17ClN6O3/c23-16-11-15(32-12-13-5-6-25-20(9-13)21(24)30)2-4-17(16)29-22(31)28-14-1-3-18-19(10-14)27-8-7-26-18/h1-11H,12H2,(H2,24,30)(H2,28,29,31). The van der Waals surface area contributed by atoms with E-state index in [1.807, 2.05) is 0 Å². The zero-order chi connectivity index (χ0) is 22.5. The Morgan fingerprint density at radius 1 is 0.906 bits per heavy atom. The second kappa shape index (κ2) is 9.27. The van der Waals surface area contributed by atoms with Gasteiger partial charge in [-0.15, -0.1) is 0 Å². The van der Waals surface area contributed by atoms with E-state index in [1.165, 1.54) is 6.20 Å². The van der Waals surface area contributed by atoms with Gasteiger partial charge in [0.25, 0.3) is 5.91 Å². The summed E-state index contributed by atoms with van der Waals surface area (Å²) in [6.45, 7) is 0.192. The van der Waals surface area contributed by atoms with Gasteiger partial charge in [0, 0.05) is 30.3 Å². The van der Waals surface area contributed by atoms with Crippen LogP contribution in [0.5, 0.6) is 5.75 Å². The van der Waals surface area contributed by atoms with Crippen molar-refractivity contribution < 1.29 is 14.3 Å². The van der Waals surface area contributed by atoms with Gasteiger partial charge in [-0.05, 0) is 48.0 Å². The smallest absolute Gasteiger partial charge is 0.323 e. The molecule has 4 N–H and O–H groups in total. The maximum absolute atomic E-state index is 12.4. The Bertz CT molecular complexity index is 1310. The number of aromatic nitrogens is 3. The summed E-state index contributed by atoms with van der Waals surface area (Å²) >= 11 is 6.29. The normalized spacial score (nSPS) is 10.5. The summed E-state index contributed by atoms with van der Waals surface area (Å²) < 4.78 is 5.70. The van der Waals surface area contributed by atoms with Gasteiger partial charge in [-0.25, -0.2) is 4.79 Å². The molecule has 0 fully saturated rings. The molecule has 0 saturated heterocycles. The Kier molecular flexibility index (Phi) is 6.09. The molecule has 2 aromatic heterocycles. The molecule has 4 aromatic rings. The van der Waals surface area contributed by atoms with Gasteiger partial charge in [0.15, 0.2) is 0 Å². The third-order valence-electron chi connectivity index (χ3n) is 4.40. The average molecular weight is 449 g/mol. The van der Waals surface area contributed by atoms with Crippen LogP contribution in [0.15, 0.2) is 67.1 Å². The molecule has 0 unspecified atom stereocenters. The first kappa shape index (κ1) is 21.0. The second-order valence-corrected chi connectivity index (χ2v) is 7.09. The molecule has 2 aromatic carbocycles. The fourth-order valence-electron chi connectivity index (χ4n) is 2.88. The quantitative estimate of drug-likeness (QED) is 0.408. The van der Waals surface area contributed by atoms with Crippen molar-refractivity contribution in [3.05, 3.63) is 83.4 Å². The Morgan fingerprint density at radius 2 is 1.72 bits per heavy atom. The minimum atomic E-state index is -0.611. The number of hydrogen-bond donors (Lipinski definition) is 3. The molecule has 0 aliphatic heterocycles. The van der Waals surface area contributed by atoms with Gasteiger partial charge in [-0.2, -0.15) is 0 Å². The van der Waals surface area contributed by atoms with Gasteiger partial charge < -0.3 is 21.1 Å². The van der Waals surface area contributed by atoms with Gasteiger partial charge in [0.1, 0.15) is 18.1 Å². The first-order valence-electron chi connectivity index (χ1n) is 9.44. The highest BCUT2D eigenvalue weighted by Crippen LogP contribution is 2.27. The predicted molar refractivity (Wildman–Crippen MR) is 121 cm³/mol. The topological polar surface area (TPSA) is 132 Å².